The lowest BCUT2D eigenvalue weighted by molar-refractivity contribution is 0.663. The Labute approximate surface area is 166 Å². The maximum atomic E-state index is 5.44. The first-order valence-electron chi connectivity index (χ1n) is 9.10. The first-order chi connectivity index (χ1) is 14.3. The van der Waals surface area contributed by atoms with Gasteiger partial charge in [-0.15, -0.1) is 11.5 Å². The Bertz CT molecular complexity index is 1380. The van der Waals surface area contributed by atoms with Crippen molar-refractivity contribution in [1.82, 2.24) is 34.9 Å². The van der Waals surface area contributed by atoms with Crippen LogP contribution in [0.2, 0.25) is 0 Å². The second kappa shape index (κ2) is 7.09. The minimum Gasteiger partial charge on any atom is -0.256 e. The van der Waals surface area contributed by atoms with Crippen LogP contribution < -0.4 is 0 Å². The Kier molecular flexibility index (Phi) is 4.15. The lowest BCUT2D eigenvalue weighted by Crippen LogP contribution is -2.05. The van der Waals surface area contributed by atoms with Crippen molar-refractivity contribution in [1.29, 1.82) is 0 Å². The number of nitrogens with zero attached hydrogens (tertiary/aromatic N) is 7. The Balaban J connectivity index is 1.46. The number of rotatable bonds is 4. The van der Waals surface area contributed by atoms with Crippen LogP contribution in [0.4, 0.5) is 0 Å². The smallest absolute Gasteiger partial charge is 0.221 e. The molecule has 0 radical (unpaired) electrons. The van der Waals surface area contributed by atoms with Crippen LogP contribution in [0.5, 0.6) is 0 Å². The van der Waals surface area contributed by atoms with Gasteiger partial charge in [-0.2, -0.15) is 0 Å². The van der Waals surface area contributed by atoms with Crippen LogP contribution in [-0.4, -0.2) is 34.9 Å². The molecule has 0 aliphatic rings. The van der Waals surface area contributed by atoms with E-state index in [1.54, 1.807) is 23.1 Å². The van der Waals surface area contributed by atoms with Gasteiger partial charge in [0.25, 0.3) is 0 Å². The molecule has 0 unspecified atom stereocenters. The summed E-state index contributed by atoms with van der Waals surface area (Å²) < 4.78 is 1.76. The van der Waals surface area contributed by atoms with Gasteiger partial charge in [0, 0.05) is 23.7 Å². The molecule has 0 N–H and O–H groups in total. The maximum Gasteiger partial charge on any atom is 0.221 e. The number of aromatic nitrogens is 7. The highest BCUT2D eigenvalue weighted by molar-refractivity contribution is 5.79. The predicted molar refractivity (Wildman–Crippen MR) is 109 cm³/mol. The Hall–Kier alpha value is -4.18. The minimum absolute atomic E-state index is 0.515. The molecule has 0 fully saturated rings. The number of fused-ring (bicyclic) bond motifs is 2. The van der Waals surface area contributed by atoms with Crippen molar-refractivity contribution in [2.24, 2.45) is 0 Å². The normalized spacial score (nSPS) is 11.0. The molecule has 7 heteroatoms. The van der Waals surface area contributed by atoms with Gasteiger partial charge in [-0.05, 0) is 35.9 Å². The van der Waals surface area contributed by atoms with Crippen molar-refractivity contribution in [3.8, 4) is 12.3 Å². The second-order valence-corrected chi connectivity index (χ2v) is 6.62. The molecule has 5 aromatic rings. The molecular formula is C22H15N7. The summed E-state index contributed by atoms with van der Waals surface area (Å²) >= 11 is 0. The molecule has 0 saturated carbocycles. The van der Waals surface area contributed by atoms with Gasteiger partial charge in [0.1, 0.15) is 5.69 Å². The van der Waals surface area contributed by atoms with Gasteiger partial charge in [0.15, 0.2) is 5.65 Å². The van der Waals surface area contributed by atoms with E-state index in [0.29, 0.717) is 30.0 Å². The average Bonchev–Trinajstić information content (AvgIpc) is 3.16. The summed E-state index contributed by atoms with van der Waals surface area (Å²) in [6.07, 6.45) is 9.46. The fraction of sp³-hybridized carbons (Fsp3) is 0.0909. The number of hydrogen-bond acceptors (Lipinski definition) is 6. The number of benzene rings is 1. The molecular weight excluding hydrogens is 362 g/mol. The second-order valence-electron chi connectivity index (χ2n) is 6.62. The van der Waals surface area contributed by atoms with Gasteiger partial charge in [-0.1, -0.05) is 29.3 Å². The Morgan fingerprint density at radius 3 is 2.86 bits per heavy atom. The van der Waals surface area contributed by atoms with Gasteiger partial charge >= 0.3 is 0 Å². The van der Waals surface area contributed by atoms with Gasteiger partial charge in [-0.3, -0.25) is 4.98 Å². The summed E-state index contributed by atoms with van der Waals surface area (Å²) in [5.74, 6) is 2.55. The maximum absolute atomic E-state index is 5.44. The zero-order valence-electron chi connectivity index (χ0n) is 15.4. The van der Waals surface area contributed by atoms with E-state index in [1.807, 2.05) is 36.4 Å². The van der Waals surface area contributed by atoms with E-state index in [9.17, 15) is 0 Å². The van der Waals surface area contributed by atoms with E-state index in [0.717, 1.165) is 27.9 Å². The van der Waals surface area contributed by atoms with E-state index < -0.39 is 0 Å². The van der Waals surface area contributed by atoms with Gasteiger partial charge in [0.2, 0.25) is 5.65 Å². The van der Waals surface area contributed by atoms with Crippen LogP contribution in [-0.2, 0) is 13.0 Å². The van der Waals surface area contributed by atoms with Gasteiger partial charge in [-0.25, -0.2) is 19.6 Å². The third-order valence-electron chi connectivity index (χ3n) is 4.59. The highest BCUT2D eigenvalue weighted by atomic mass is 15.4. The van der Waals surface area contributed by atoms with Crippen LogP contribution in [0.15, 0.2) is 60.9 Å². The average molecular weight is 377 g/mol. The summed E-state index contributed by atoms with van der Waals surface area (Å²) in [6, 6.07) is 15.7. The zero-order chi connectivity index (χ0) is 19.6. The summed E-state index contributed by atoms with van der Waals surface area (Å²) in [5.41, 5.74) is 5.44. The molecule has 0 spiro atoms. The molecule has 0 bridgehead atoms. The van der Waals surface area contributed by atoms with Crippen LogP contribution in [0.1, 0.15) is 22.6 Å². The molecule has 4 aromatic heterocycles. The first kappa shape index (κ1) is 17.0. The topological polar surface area (TPSA) is 82.3 Å². The summed E-state index contributed by atoms with van der Waals surface area (Å²) in [5, 5.41) is 9.45. The summed E-state index contributed by atoms with van der Waals surface area (Å²) in [4.78, 5) is 17.9. The van der Waals surface area contributed by atoms with E-state index in [-0.39, 0.29) is 0 Å². The molecule has 5 rings (SSSR count). The fourth-order valence-electron chi connectivity index (χ4n) is 3.22. The minimum atomic E-state index is 0.515. The molecule has 138 valence electrons. The first-order valence-corrected chi connectivity index (χ1v) is 9.10. The third kappa shape index (κ3) is 3.39. The van der Waals surface area contributed by atoms with Gasteiger partial charge < -0.3 is 0 Å². The van der Waals surface area contributed by atoms with Crippen molar-refractivity contribution in [2.45, 2.75) is 13.0 Å². The Morgan fingerprint density at radius 2 is 1.93 bits per heavy atom. The van der Waals surface area contributed by atoms with Crippen LogP contribution in [0.3, 0.4) is 0 Å². The monoisotopic (exact) mass is 377 g/mol. The largest absolute Gasteiger partial charge is 0.256 e. The van der Waals surface area contributed by atoms with E-state index in [1.165, 1.54) is 0 Å². The number of hydrogen-bond donors (Lipinski definition) is 0. The SMILES string of the molecule is C#Cc1cccc(Cc2cnc3nnn(Cc4ccc5ncccc5c4)c3n2)n1. The van der Waals surface area contributed by atoms with Crippen LogP contribution in [0.25, 0.3) is 22.2 Å². The third-order valence-corrected chi connectivity index (χ3v) is 4.59. The van der Waals surface area contributed by atoms with Crippen molar-refractivity contribution >= 4 is 22.2 Å². The van der Waals surface area contributed by atoms with Crippen molar-refractivity contribution in [3.05, 3.63) is 83.6 Å². The summed E-state index contributed by atoms with van der Waals surface area (Å²) in [7, 11) is 0. The lowest BCUT2D eigenvalue weighted by atomic mass is 10.1. The van der Waals surface area contributed by atoms with E-state index in [4.69, 9.17) is 11.4 Å². The zero-order valence-corrected chi connectivity index (χ0v) is 15.4. The highest BCUT2D eigenvalue weighted by Gasteiger charge is 2.11. The molecule has 0 amide bonds. The highest BCUT2D eigenvalue weighted by Crippen LogP contribution is 2.16. The molecule has 29 heavy (non-hydrogen) atoms. The molecule has 4 heterocycles. The number of pyridine rings is 2. The van der Waals surface area contributed by atoms with E-state index in [2.05, 4.69) is 37.3 Å². The lowest BCUT2D eigenvalue weighted by Gasteiger charge is -2.05. The van der Waals surface area contributed by atoms with Crippen molar-refractivity contribution < 1.29 is 0 Å². The quantitative estimate of drug-likeness (QED) is 0.448. The van der Waals surface area contributed by atoms with Crippen LogP contribution >= 0.6 is 0 Å². The van der Waals surface area contributed by atoms with E-state index >= 15 is 0 Å². The molecule has 1 aromatic carbocycles. The fourth-order valence-corrected chi connectivity index (χ4v) is 3.22. The molecule has 0 saturated heterocycles. The van der Waals surface area contributed by atoms with Crippen molar-refractivity contribution in [2.75, 3.05) is 0 Å². The van der Waals surface area contributed by atoms with Crippen LogP contribution in [0, 0.1) is 12.3 Å². The summed E-state index contributed by atoms with van der Waals surface area (Å²) in [6.45, 7) is 0.546. The predicted octanol–water partition coefficient (Wildman–Crippen LogP) is 2.78. The molecule has 0 aliphatic carbocycles. The molecule has 0 atom stereocenters. The standard InChI is InChI=1S/C22H15N7/c1-2-17-6-3-7-18(25-17)12-19-13-24-21-22(26-19)29(28-27-21)14-15-8-9-20-16(11-15)5-4-10-23-20/h1,3-11,13H,12,14H2. The molecule has 7 nitrogen and oxygen atoms in total. The van der Waals surface area contributed by atoms with Crippen molar-refractivity contribution in [3.63, 3.8) is 0 Å². The number of terminal acetylenes is 1. The Morgan fingerprint density at radius 1 is 0.966 bits per heavy atom. The van der Waals surface area contributed by atoms with Gasteiger partial charge in [0.05, 0.1) is 24.0 Å². The molecule has 0 aliphatic heterocycles.